The van der Waals surface area contributed by atoms with Gasteiger partial charge in [0.2, 0.25) is 0 Å². The van der Waals surface area contributed by atoms with Gasteiger partial charge in [-0.3, -0.25) is 9.59 Å². The number of thiophene rings is 1. The fourth-order valence-corrected chi connectivity index (χ4v) is 3.87. The summed E-state index contributed by atoms with van der Waals surface area (Å²) in [6.07, 6.45) is 2.39. The van der Waals surface area contributed by atoms with Crippen molar-refractivity contribution in [2.75, 3.05) is 25.1 Å². The van der Waals surface area contributed by atoms with Crippen LogP contribution in [0.25, 0.3) is 0 Å². The third-order valence-electron chi connectivity index (χ3n) is 3.99. The van der Waals surface area contributed by atoms with E-state index in [1.807, 2.05) is 13.8 Å². The van der Waals surface area contributed by atoms with Gasteiger partial charge in [0.05, 0.1) is 12.2 Å². The van der Waals surface area contributed by atoms with Crippen LogP contribution >= 0.6 is 11.3 Å². The molecule has 0 aromatic carbocycles. The molecule has 138 valence electrons. The predicted molar refractivity (Wildman–Crippen MR) is 95.0 cm³/mol. The Morgan fingerprint density at radius 1 is 1.28 bits per heavy atom. The first-order valence-corrected chi connectivity index (χ1v) is 9.28. The number of amides is 1. The molecule has 0 radical (unpaired) electrons. The number of anilines is 1. The van der Waals surface area contributed by atoms with Gasteiger partial charge in [-0.05, 0) is 45.2 Å². The average Bonchev–Trinajstić information content (AvgIpc) is 3.21. The molecule has 1 aliphatic rings. The second-order valence-corrected chi connectivity index (χ2v) is 6.84. The van der Waals surface area contributed by atoms with Crippen LogP contribution in [0.5, 0.6) is 0 Å². The van der Waals surface area contributed by atoms with Crippen molar-refractivity contribution in [1.82, 2.24) is 5.32 Å². The highest BCUT2D eigenvalue weighted by Gasteiger charge is 2.25. The van der Waals surface area contributed by atoms with Crippen LogP contribution in [-0.2, 0) is 25.5 Å². The number of esters is 2. The maximum atomic E-state index is 12.2. The van der Waals surface area contributed by atoms with Crippen molar-refractivity contribution in [1.29, 1.82) is 0 Å². The van der Waals surface area contributed by atoms with Crippen LogP contribution in [0.3, 0.4) is 0 Å². The molecule has 1 fully saturated rings. The van der Waals surface area contributed by atoms with E-state index >= 15 is 0 Å². The molecule has 7 nitrogen and oxygen atoms in total. The first kappa shape index (κ1) is 19.4. The zero-order chi connectivity index (χ0) is 18.4. The quantitative estimate of drug-likeness (QED) is 0.715. The molecule has 2 rings (SSSR count). The fourth-order valence-electron chi connectivity index (χ4n) is 2.72. The molecule has 1 atom stereocenters. The van der Waals surface area contributed by atoms with E-state index in [-0.39, 0.29) is 19.3 Å². The second-order valence-electron chi connectivity index (χ2n) is 5.73. The highest BCUT2D eigenvalue weighted by atomic mass is 32.1. The number of nitrogens with one attached hydrogen (secondary N) is 2. The van der Waals surface area contributed by atoms with E-state index < -0.39 is 17.8 Å². The van der Waals surface area contributed by atoms with Gasteiger partial charge in [-0.2, -0.15) is 0 Å². The van der Waals surface area contributed by atoms with Crippen LogP contribution in [0, 0.1) is 6.92 Å². The van der Waals surface area contributed by atoms with Gasteiger partial charge in [-0.1, -0.05) is 6.92 Å². The van der Waals surface area contributed by atoms with Crippen molar-refractivity contribution in [2.45, 2.75) is 46.1 Å². The van der Waals surface area contributed by atoms with E-state index in [1.54, 1.807) is 6.92 Å². The molecule has 1 saturated heterocycles. The van der Waals surface area contributed by atoms with Gasteiger partial charge in [0, 0.05) is 4.88 Å². The van der Waals surface area contributed by atoms with Gasteiger partial charge in [-0.15, -0.1) is 11.3 Å². The zero-order valence-corrected chi connectivity index (χ0v) is 15.6. The van der Waals surface area contributed by atoms with Crippen molar-refractivity contribution in [2.24, 2.45) is 0 Å². The van der Waals surface area contributed by atoms with Crippen molar-refractivity contribution in [3.8, 4) is 0 Å². The standard InChI is InChI=1S/C17H24N2O5S/c1-4-12-10(3)14(17(22)23-5-2)15(25-12)19-13(20)9-24-16(21)11-7-6-8-18-11/h11,18H,4-9H2,1-3H3,(H,19,20). The third kappa shape index (κ3) is 4.79. The normalized spacial score (nSPS) is 16.5. The average molecular weight is 368 g/mol. The molecule has 25 heavy (non-hydrogen) atoms. The summed E-state index contributed by atoms with van der Waals surface area (Å²) in [7, 11) is 0. The Hall–Kier alpha value is -1.93. The molecule has 1 aromatic rings. The Balaban J connectivity index is 2.01. The molecule has 1 unspecified atom stereocenters. The van der Waals surface area contributed by atoms with E-state index in [9.17, 15) is 14.4 Å². The van der Waals surface area contributed by atoms with Crippen LogP contribution in [0.1, 0.15) is 47.5 Å². The number of carbonyl (C=O) groups is 3. The molecule has 0 bridgehead atoms. The Bertz CT molecular complexity index is 650. The number of hydrogen-bond acceptors (Lipinski definition) is 7. The Morgan fingerprint density at radius 2 is 2.04 bits per heavy atom. The lowest BCUT2D eigenvalue weighted by Crippen LogP contribution is -2.34. The first-order valence-electron chi connectivity index (χ1n) is 8.47. The predicted octanol–water partition coefficient (Wildman–Crippen LogP) is 2.03. The van der Waals surface area contributed by atoms with Crippen molar-refractivity contribution < 1.29 is 23.9 Å². The topological polar surface area (TPSA) is 93.7 Å². The lowest BCUT2D eigenvalue weighted by atomic mass is 10.1. The lowest BCUT2D eigenvalue weighted by molar-refractivity contribution is -0.149. The smallest absolute Gasteiger partial charge is 0.341 e. The zero-order valence-electron chi connectivity index (χ0n) is 14.8. The number of ether oxygens (including phenoxy) is 2. The fraction of sp³-hybridized carbons (Fsp3) is 0.588. The molecule has 8 heteroatoms. The van der Waals surface area contributed by atoms with Crippen LogP contribution < -0.4 is 10.6 Å². The van der Waals surface area contributed by atoms with Crippen molar-refractivity contribution >= 4 is 34.2 Å². The van der Waals surface area contributed by atoms with Gasteiger partial charge < -0.3 is 20.1 Å². The Labute approximate surface area is 151 Å². The highest BCUT2D eigenvalue weighted by Crippen LogP contribution is 2.34. The van der Waals surface area contributed by atoms with Gasteiger partial charge >= 0.3 is 11.9 Å². The molecule has 1 amide bonds. The molecular weight excluding hydrogens is 344 g/mol. The summed E-state index contributed by atoms with van der Waals surface area (Å²) in [5.74, 6) is -1.35. The van der Waals surface area contributed by atoms with E-state index in [2.05, 4.69) is 10.6 Å². The van der Waals surface area contributed by atoms with Crippen LogP contribution in [-0.4, -0.2) is 43.6 Å². The minimum atomic E-state index is -0.471. The lowest BCUT2D eigenvalue weighted by Gasteiger charge is -2.10. The maximum Gasteiger partial charge on any atom is 0.341 e. The van der Waals surface area contributed by atoms with E-state index in [4.69, 9.17) is 9.47 Å². The Kier molecular flexibility index (Phi) is 6.95. The SMILES string of the molecule is CCOC(=O)c1c(NC(=O)COC(=O)C2CCCN2)sc(CC)c1C. The monoisotopic (exact) mass is 368 g/mol. The highest BCUT2D eigenvalue weighted by molar-refractivity contribution is 7.17. The molecule has 2 N–H and O–H groups in total. The van der Waals surface area contributed by atoms with Crippen LogP contribution in [0.15, 0.2) is 0 Å². The van der Waals surface area contributed by atoms with E-state index in [0.29, 0.717) is 10.6 Å². The Morgan fingerprint density at radius 3 is 2.64 bits per heavy atom. The molecule has 2 heterocycles. The van der Waals surface area contributed by atoms with Gasteiger partial charge in [0.1, 0.15) is 11.0 Å². The minimum absolute atomic E-state index is 0.259. The summed E-state index contributed by atoms with van der Waals surface area (Å²) in [5.41, 5.74) is 1.19. The summed E-state index contributed by atoms with van der Waals surface area (Å²) in [4.78, 5) is 37.1. The molecule has 0 aliphatic carbocycles. The largest absolute Gasteiger partial charge is 0.462 e. The molecule has 0 saturated carbocycles. The molecular formula is C17H24N2O5S. The molecule has 1 aromatic heterocycles. The van der Waals surface area contributed by atoms with Gasteiger partial charge in [0.25, 0.3) is 5.91 Å². The first-order chi connectivity index (χ1) is 12.0. The number of rotatable bonds is 7. The minimum Gasteiger partial charge on any atom is -0.462 e. The summed E-state index contributed by atoms with van der Waals surface area (Å²) in [5, 5.41) is 6.13. The number of aryl methyl sites for hydroxylation is 1. The summed E-state index contributed by atoms with van der Waals surface area (Å²) < 4.78 is 10.1. The third-order valence-corrected chi connectivity index (χ3v) is 5.34. The van der Waals surface area contributed by atoms with Crippen LogP contribution in [0.4, 0.5) is 5.00 Å². The molecule has 1 aliphatic heterocycles. The van der Waals surface area contributed by atoms with Crippen LogP contribution in [0.2, 0.25) is 0 Å². The second kappa shape index (κ2) is 8.96. The summed E-state index contributed by atoms with van der Waals surface area (Å²) in [6.45, 7) is 6.21. The van der Waals surface area contributed by atoms with Crippen molar-refractivity contribution in [3.05, 3.63) is 16.0 Å². The summed E-state index contributed by atoms with van der Waals surface area (Å²) in [6, 6.07) is -0.335. The summed E-state index contributed by atoms with van der Waals surface area (Å²) >= 11 is 1.34. The van der Waals surface area contributed by atoms with E-state index in [1.165, 1.54) is 11.3 Å². The van der Waals surface area contributed by atoms with Gasteiger partial charge in [0.15, 0.2) is 6.61 Å². The van der Waals surface area contributed by atoms with E-state index in [0.717, 1.165) is 36.2 Å². The van der Waals surface area contributed by atoms with Crippen molar-refractivity contribution in [3.63, 3.8) is 0 Å². The molecule has 0 spiro atoms. The number of carbonyl (C=O) groups excluding carboxylic acids is 3. The van der Waals surface area contributed by atoms with Gasteiger partial charge in [-0.25, -0.2) is 4.79 Å². The number of hydrogen-bond donors (Lipinski definition) is 2. The maximum absolute atomic E-state index is 12.2.